The van der Waals surface area contributed by atoms with Crippen molar-refractivity contribution in [2.45, 2.75) is 251 Å². The molecule has 115 heavy (non-hydrogen) atoms. The van der Waals surface area contributed by atoms with Gasteiger partial charge in [-0.2, -0.15) is 29.1 Å². The molecule has 7 aromatic rings. The molecule has 0 spiro atoms. The zero-order valence-electron chi connectivity index (χ0n) is 70.5. The lowest BCUT2D eigenvalue weighted by molar-refractivity contribution is -0.176. The van der Waals surface area contributed by atoms with Crippen LogP contribution in [0.15, 0.2) is 93.6 Å². The molecule has 0 saturated carbocycles. The molecule has 0 aromatic carbocycles. The number of hydroxylamine groups is 3. The number of aromatic nitrogens is 15. The van der Waals surface area contributed by atoms with Crippen LogP contribution < -0.4 is 43.8 Å². The fourth-order valence-electron chi connectivity index (χ4n) is 7.88. The number of carbonyl (C=O) groups is 5. The first-order chi connectivity index (χ1) is 53.1. The lowest BCUT2D eigenvalue weighted by Crippen LogP contribution is -2.40. The number of thioether (sulfide) groups is 1. The van der Waals surface area contributed by atoms with Gasteiger partial charge in [0.15, 0.2) is 28.4 Å². The van der Waals surface area contributed by atoms with Crippen molar-refractivity contribution < 1.29 is 55.6 Å². The Morgan fingerprint density at radius 2 is 1.25 bits per heavy atom. The van der Waals surface area contributed by atoms with E-state index in [9.17, 15) is 56.9 Å². The molecular weight excluding hydrogens is 1580 g/mol. The number of rotatable bonds is 9. The van der Waals surface area contributed by atoms with Crippen LogP contribution in [0.1, 0.15) is 276 Å². The molecule has 2 atom stereocenters. The number of ether oxygens (including phenoxy) is 1. The summed E-state index contributed by atoms with van der Waals surface area (Å²) in [5, 5.41) is 25.6. The van der Waals surface area contributed by atoms with Crippen molar-refractivity contribution in [3.8, 4) is 0 Å². The minimum absolute atomic E-state index is 0.0116. The zero-order valence-corrected chi connectivity index (χ0v) is 73.8. The first-order valence-corrected chi connectivity index (χ1v) is 39.6. The molecule has 5 aliphatic heterocycles. The van der Waals surface area contributed by atoms with Crippen molar-refractivity contribution in [1.82, 2.24) is 91.2 Å². The molecular formula is C72H115N21O18S4. The minimum atomic E-state index is -1.50. The molecule has 5 aliphatic rings. The molecule has 2 saturated heterocycles. The molecule has 2 fully saturated rings. The van der Waals surface area contributed by atoms with E-state index in [2.05, 4.69) is 128 Å². The zero-order chi connectivity index (χ0) is 88.2. The van der Waals surface area contributed by atoms with Crippen LogP contribution in [0.4, 0.5) is 0 Å². The third-order valence-corrected chi connectivity index (χ3v) is 17.0. The first kappa shape index (κ1) is 103. The van der Waals surface area contributed by atoms with Crippen LogP contribution in [0.3, 0.4) is 0 Å². The highest BCUT2D eigenvalue weighted by Crippen LogP contribution is 2.37. The van der Waals surface area contributed by atoms with Gasteiger partial charge in [-0.25, -0.2) is 39.2 Å². The molecule has 0 aliphatic carbocycles. The molecule has 43 heteroatoms. The average molecular weight is 1690 g/mol. The largest absolute Gasteiger partial charge is 0.438 e. The molecule has 640 valence electrons. The van der Waals surface area contributed by atoms with Gasteiger partial charge < -0.3 is 33.9 Å². The average Bonchev–Trinajstić information content (AvgIpc) is 1.70. The van der Waals surface area contributed by atoms with Gasteiger partial charge in [-0.05, 0) is 50.2 Å². The van der Waals surface area contributed by atoms with Gasteiger partial charge in [0.25, 0.3) is 22.6 Å². The molecule has 12 rings (SSSR count). The second-order valence-electron chi connectivity index (χ2n) is 31.1. The van der Waals surface area contributed by atoms with E-state index < -0.39 is 22.7 Å². The van der Waals surface area contributed by atoms with Crippen molar-refractivity contribution in [3.05, 3.63) is 144 Å². The number of esters is 1. The van der Waals surface area contributed by atoms with Gasteiger partial charge in [0.1, 0.15) is 47.9 Å². The maximum atomic E-state index is 11.2. The number of cyclic esters (lactones) is 1. The Bertz CT molecular complexity index is 4490. The second-order valence-corrected chi connectivity index (χ2v) is 34.1. The van der Waals surface area contributed by atoms with Crippen LogP contribution in [-0.4, -0.2) is 155 Å². The van der Waals surface area contributed by atoms with Gasteiger partial charge >= 0.3 is 38.4 Å². The van der Waals surface area contributed by atoms with Crippen LogP contribution in [-0.2, 0) is 54.5 Å². The number of nitrogens with one attached hydrogen (secondary N) is 10. The Labute approximate surface area is 682 Å². The molecule has 2 unspecified atom stereocenters. The number of tetrazole rings is 1. The number of amidine groups is 2. The summed E-state index contributed by atoms with van der Waals surface area (Å²) in [6, 6.07) is 4.39. The lowest BCUT2D eigenvalue weighted by atomic mass is 9.89. The normalized spacial score (nSPS) is 15.3. The highest BCUT2D eigenvalue weighted by Gasteiger charge is 2.40. The van der Waals surface area contributed by atoms with Crippen molar-refractivity contribution in [3.63, 3.8) is 0 Å². The van der Waals surface area contributed by atoms with E-state index >= 15 is 0 Å². The van der Waals surface area contributed by atoms with Crippen molar-refractivity contribution in [2.75, 3.05) is 13.1 Å². The van der Waals surface area contributed by atoms with Crippen molar-refractivity contribution in [1.29, 1.82) is 0 Å². The standard InChI is InChI=1S/C8H13NO2.C8H12O2S.C7H10N2O2.C7H10N2O.C7H11NO2.C6H10N2O.C6H9NO2.C5H8N2O2.2C5H8N2OS.C4H8N4.C4H8N2O2S/c1-6-5-7(10)9(11-6)8(2,3)4;1-8(2,3)7-5(9)4-6(10)11-7;1-4(2)5-3-6(10)9-7(11)8-5;1-5(2)6-3-7(10)9-4-8-6;1-7(2,3)5-4-6(9)8-10-5;1-4(2)6-7-3-5(9)8-6;1-4(2)6-7-3-5(8)9-6;2*1-3(2)4-6-5(8)9-7-4;1-3(2)4-6-5(9)8-7-4;1-3(2)4-5-7-8-6-4;1-3(2)4-5-8-9(7)6-4/h1,5H2,2-4H3;7H,4H2,1-3H3;3-4H,1-2H3,(H2,8,9,10,11);3-5H,1-2H3,(H,8,9,10);4H,1-3H3,(H,8,9);4H,3H2,1-2H3,(H,7,8,9);4H,3H2,1-2H3;2*3H,1-2H3,(H,6,7,8);3H,1-2H3,(H,6,7,9);3H,1-2H3,(H,5,6,7,8);3H,1-2H3,(H,5,6). The molecule has 2 amide bonds. The Hall–Kier alpha value is -10.1. The van der Waals surface area contributed by atoms with Gasteiger partial charge in [0.2, 0.25) is 5.91 Å². The minimum Gasteiger partial charge on any atom is -0.410 e. The molecule has 10 N–H and O–H groups in total. The number of aromatic amines is 8. The SMILES string of the molecule is C=C1CC(=O)N(C(C)(C)C)O1.CC(C)(C)C1SC(=O)CC1=O.CC(C)(C)c1cc(=O)[nH]o1.CC(C)C1=NCC(=O)N1.CC(C)C1=NCC(=O)O1.CC(C)C1=NS(=O)ON1.CC(C)c1cc(=O)[nH]c(=O)[nH]1.CC(C)c1cc(=O)[nH]cn1.CC(C)c1nc(=S)o[nH]1.CC(C)c1nn[nH]n1.CC(C)c1noc(=O)[nH]1.CC(C)c1nsc(=O)[nH]1. The van der Waals surface area contributed by atoms with E-state index in [1.807, 2.05) is 187 Å². The summed E-state index contributed by atoms with van der Waals surface area (Å²) in [7, 11) is 0. The summed E-state index contributed by atoms with van der Waals surface area (Å²) in [4.78, 5) is 151. The van der Waals surface area contributed by atoms with Crippen LogP contribution in [0, 0.1) is 28.0 Å². The number of nitrogens with zero attached hydrogens (tertiary/aromatic N) is 11. The molecule has 12 heterocycles. The summed E-state index contributed by atoms with van der Waals surface area (Å²) in [6.45, 7) is 57.3. The highest BCUT2D eigenvalue weighted by molar-refractivity contribution is 8.15. The van der Waals surface area contributed by atoms with Gasteiger partial charge in [-0.1, -0.05) is 195 Å². The number of hydrogen-bond acceptors (Lipinski definition) is 31. The third kappa shape index (κ3) is 42.2. The summed E-state index contributed by atoms with van der Waals surface area (Å²) in [6.07, 6.45) is 1.88. The monoisotopic (exact) mass is 1690 g/mol. The molecule has 0 bridgehead atoms. The lowest BCUT2D eigenvalue weighted by Gasteiger charge is -2.28. The van der Waals surface area contributed by atoms with Gasteiger partial charge in [0, 0.05) is 82.3 Å². The van der Waals surface area contributed by atoms with E-state index in [0.29, 0.717) is 77.3 Å². The van der Waals surface area contributed by atoms with Crippen molar-refractivity contribution in [2.24, 2.45) is 37.6 Å². The van der Waals surface area contributed by atoms with Crippen LogP contribution >= 0.6 is 35.5 Å². The van der Waals surface area contributed by atoms with Gasteiger partial charge in [-0.3, -0.25) is 62.8 Å². The third-order valence-electron chi connectivity index (χ3n) is 14.1. The Kier molecular flexibility index (Phi) is 44.4. The quantitative estimate of drug-likeness (QED) is 0.0365. The number of ketones is 1. The first-order valence-electron chi connectivity index (χ1n) is 36.5. The fourth-order valence-corrected chi connectivity index (χ4v) is 10.3. The van der Waals surface area contributed by atoms with E-state index in [4.69, 9.17) is 18.6 Å². The number of Topliss-reactive ketones (excluding diaryl/α,β-unsaturated/α-hetero) is 1. The van der Waals surface area contributed by atoms with E-state index in [-0.39, 0.29) is 113 Å². The number of hydrogen-bond donors (Lipinski definition) is 10. The Morgan fingerprint density at radius 3 is 1.50 bits per heavy atom. The van der Waals surface area contributed by atoms with E-state index in [0.717, 1.165) is 40.5 Å². The number of amides is 2. The second kappa shape index (κ2) is 49.6. The van der Waals surface area contributed by atoms with E-state index in [1.54, 1.807) is 0 Å². The van der Waals surface area contributed by atoms with Gasteiger partial charge in [0.05, 0.1) is 35.7 Å². The molecule has 39 nitrogen and oxygen atoms in total. The van der Waals surface area contributed by atoms with Crippen LogP contribution in [0.25, 0.3) is 0 Å². The number of H-pyrrole nitrogens is 8. The highest BCUT2D eigenvalue weighted by atomic mass is 32.2. The summed E-state index contributed by atoms with van der Waals surface area (Å²) in [5.74, 6) is 8.16. The Morgan fingerprint density at radius 1 is 0.635 bits per heavy atom. The topological polar surface area (TPSA) is 553 Å². The number of carbonyl (C=O) groups excluding carboxylic acids is 5. The predicted octanol–water partition coefficient (Wildman–Crippen LogP) is 9.98. The molecule has 7 aromatic heterocycles. The summed E-state index contributed by atoms with van der Waals surface area (Å²) >= 11 is 5.31. The van der Waals surface area contributed by atoms with Crippen LogP contribution in [0.5, 0.6) is 0 Å². The summed E-state index contributed by atoms with van der Waals surface area (Å²) < 4.78 is 41.0. The van der Waals surface area contributed by atoms with E-state index in [1.165, 1.54) is 41.4 Å². The van der Waals surface area contributed by atoms with Gasteiger partial charge in [-0.15, -0.1) is 14.6 Å². The Balaban J connectivity index is 0.000000628. The summed E-state index contributed by atoms with van der Waals surface area (Å²) in [5.41, 5.74) is 2.48. The predicted molar refractivity (Wildman–Crippen MR) is 441 cm³/mol. The number of aliphatic imine (C=N–C) groups is 2. The van der Waals surface area contributed by atoms with Crippen LogP contribution in [0.2, 0.25) is 0 Å². The smallest absolute Gasteiger partial charge is 0.410 e. The molecule has 0 radical (unpaired) electrons. The maximum Gasteiger partial charge on any atom is 0.438 e. The fraction of sp³-hybridized carbons (Fsp3) is 0.611. The maximum absolute atomic E-state index is 11.2. The van der Waals surface area contributed by atoms with Crippen molar-refractivity contribution >= 4 is 93.0 Å².